The molecule has 27 heavy (non-hydrogen) atoms. The first-order valence-electron chi connectivity index (χ1n) is 9.19. The van der Waals surface area contributed by atoms with Crippen LogP contribution < -0.4 is 4.74 Å². The molecule has 2 rings (SSSR count). The summed E-state index contributed by atoms with van der Waals surface area (Å²) in [5, 5.41) is 9.68. The summed E-state index contributed by atoms with van der Waals surface area (Å²) >= 11 is 0. The molecule has 2 aromatic rings. The van der Waals surface area contributed by atoms with Crippen LogP contribution in [0.5, 0.6) is 5.75 Å². The van der Waals surface area contributed by atoms with Gasteiger partial charge < -0.3 is 14.7 Å². The molecule has 0 aliphatic rings. The van der Waals surface area contributed by atoms with Gasteiger partial charge in [0, 0.05) is 24.2 Å². The second-order valence-electron chi connectivity index (χ2n) is 6.79. The smallest absolute Gasteiger partial charge is 0.254 e. The second kappa shape index (κ2) is 9.25. The summed E-state index contributed by atoms with van der Waals surface area (Å²) in [6.45, 7) is 8.93. The van der Waals surface area contributed by atoms with Gasteiger partial charge >= 0.3 is 0 Å². The molecular formula is C23H27NO3. The lowest BCUT2D eigenvalue weighted by atomic mass is 10.1. The Morgan fingerprint density at radius 1 is 1.15 bits per heavy atom. The van der Waals surface area contributed by atoms with Crippen LogP contribution in [-0.4, -0.2) is 34.7 Å². The van der Waals surface area contributed by atoms with Crippen LogP contribution in [0.4, 0.5) is 0 Å². The standard InChI is InChI=1S/C23H27NO3/c1-5-24(17-19-8-7-9-21(16-19)27-6-2)22(25)20-12-10-18(11-13-20)14-15-23(3,4)26/h7-13,16,26H,5-6,17H2,1-4H3. The first kappa shape index (κ1) is 20.5. The molecule has 0 bridgehead atoms. The molecule has 1 N–H and O–H groups in total. The van der Waals surface area contributed by atoms with Crippen LogP contribution in [0.2, 0.25) is 0 Å². The topological polar surface area (TPSA) is 49.8 Å². The normalized spacial score (nSPS) is 10.7. The van der Waals surface area contributed by atoms with Gasteiger partial charge in [-0.05, 0) is 69.7 Å². The van der Waals surface area contributed by atoms with Gasteiger partial charge in [0.1, 0.15) is 11.4 Å². The Morgan fingerprint density at radius 3 is 2.44 bits per heavy atom. The highest BCUT2D eigenvalue weighted by Gasteiger charge is 2.15. The number of rotatable bonds is 6. The molecule has 142 valence electrons. The number of benzene rings is 2. The van der Waals surface area contributed by atoms with E-state index in [2.05, 4.69) is 11.8 Å². The van der Waals surface area contributed by atoms with Crippen molar-refractivity contribution in [2.45, 2.75) is 39.8 Å². The lowest BCUT2D eigenvalue weighted by molar-refractivity contribution is 0.0752. The Kier molecular flexibility index (Phi) is 7.04. The number of nitrogens with zero attached hydrogens (tertiary/aromatic N) is 1. The van der Waals surface area contributed by atoms with Gasteiger partial charge in [-0.25, -0.2) is 0 Å². The summed E-state index contributed by atoms with van der Waals surface area (Å²) in [5.74, 6) is 6.47. The highest BCUT2D eigenvalue weighted by molar-refractivity contribution is 5.94. The predicted molar refractivity (Wildman–Crippen MR) is 108 cm³/mol. The van der Waals surface area contributed by atoms with Gasteiger partial charge in [0.15, 0.2) is 0 Å². The molecule has 0 radical (unpaired) electrons. The molecule has 4 nitrogen and oxygen atoms in total. The summed E-state index contributed by atoms with van der Waals surface area (Å²) in [7, 11) is 0. The van der Waals surface area contributed by atoms with E-state index in [1.165, 1.54) is 0 Å². The van der Waals surface area contributed by atoms with Crippen molar-refractivity contribution in [1.82, 2.24) is 4.90 Å². The summed E-state index contributed by atoms with van der Waals surface area (Å²) in [6, 6.07) is 15.0. The van der Waals surface area contributed by atoms with E-state index in [-0.39, 0.29) is 5.91 Å². The van der Waals surface area contributed by atoms with Crippen molar-refractivity contribution in [2.24, 2.45) is 0 Å². The molecule has 0 fully saturated rings. The first-order chi connectivity index (χ1) is 12.8. The first-order valence-corrected chi connectivity index (χ1v) is 9.19. The van der Waals surface area contributed by atoms with Crippen molar-refractivity contribution < 1.29 is 14.6 Å². The second-order valence-corrected chi connectivity index (χ2v) is 6.79. The van der Waals surface area contributed by atoms with Gasteiger partial charge in [-0.2, -0.15) is 0 Å². The fourth-order valence-corrected chi connectivity index (χ4v) is 2.55. The molecule has 0 spiro atoms. The van der Waals surface area contributed by atoms with E-state index in [9.17, 15) is 9.90 Å². The highest BCUT2D eigenvalue weighted by atomic mass is 16.5. The Balaban J connectivity index is 2.12. The zero-order chi connectivity index (χ0) is 19.9. The van der Waals surface area contributed by atoms with E-state index in [0.717, 1.165) is 16.9 Å². The number of ether oxygens (including phenoxy) is 1. The largest absolute Gasteiger partial charge is 0.494 e. The molecule has 0 aliphatic heterocycles. The number of carbonyl (C=O) groups excluding carboxylic acids is 1. The molecule has 0 unspecified atom stereocenters. The van der Waals surface area contributed by atoms with Crippen LogP contribution in [-0.2, 0) is 6.54 Å². The van der Waals surface area contributed by atoms with E-state index in [4.69, 9.17) is 4.74 Å². The van der Waals surface area contributed by atoms with Crippen LogP contribution in [0.15, 0.2) is 48.5 Å². The molecular weight excluding hydrogens is 338 g/mol. The van der Waals surface area contributed by atoms with Gasteiger partial charge in [0.05, 0.1) is 6.61 Å². The molecule has 0 saturated heterocycles. The van der Waals surface area contributed by atoms with Crippen LogP contribution in [0.1, 0.15) is 49.2 Å². The van der Waals surface area contributed by atoms with Crippen molar-refractivity contribution in [3.05, 3.63) is 65.2 Å². The van der Waals surface area contributed by atoms with Gasteiger partial charge in [-0.15, -0.1) is 0 Å². The average molecular weight is 365 g/mol. The predicted octanol–water partition coefficient (Wildman–Crippen LogP) is 3.87. The van der Waals surface area contributed by atoms with Crippen LogP contribution >= 0.6 is 0 Å². The molecule has 1 amide bonds. The van der Waals surface area contributed by atoms with Crippen LogP contribution in [0, 0.1) is 11.8 Å². The SMILES string of the molecule is CCOc1cccc(CN(CC)C(=O)c2ccc(C#CC(C)(C)O)cc2)c1. The monoisotopic (exact) mass is 365 g/mol. The van der Waals surface area contributed by atoms with Crippen LogP contribution in [0.3, 0.4) is 0 Å². The molecule has 0 aromatic heterocycles. The van der Waals surface area contributed by atoms with Crippen molar-refractivity contribution >= 4 is 5.91 Å². The molecule has 4 heteroatoms. The van der Waals surface area contributed by atoms with Gasteiger partial charge in [0.25, 0.3) is 5.91 Å². The Morgan fingerprint density at radius 2 is 1.85 bits per heavy atom. The lowest BCUT2D eigenvalue weighted by Gasteiger charge is -2.21. The zero-order valence-corrected chi connectivity index (χ0v) is 16.5. The maximum Gasteiger partial charge on any atom is 0.254 e. The molecule has 0 aliphatic carbocycles. The number of hydrogen-bond donors (Lipinski definition) is 1. The highest BCUT2D eigenvalue weighted by Crippen LogP contribution is 2.16. The number of carbonyl (C=O) groups is 1. The average Bonchev–Trinajstić information content (AvgIpc) is 2.64. The van der Waals surface area contributed by atoms with E-state index >= 15 is 0 Å². The van der Waals surface area contributed by atoms with Gasteiger partial charge in [-0.3, -0.25) is 4.79 Å². The summed E-state index contributed by atoms with van der Waals surface area (Å²) in [5.41, 5.74) is 1.38. The maximum absolute atomic E-state index is 12.8. The molecule has 0 saturated carbocycles. The van der Waals surface area contributed by atoms with Gasteiger partial charge in [-0.1, -0.05) is 24.0 Å². The zero-order valence-electron chi connectivity index (χ0n) is 16.5. The van der Waals surface area contributed by atoms with E-state index in [1.807, 2.05) is 38.1 Å². The van der Waals surface area contributed by atoms with E-state index < -0.39 is 5.60 Å². The minimum Gasteiger partial charge on any atom is -0.494 e. The number of aliphatic hydroxyl groups is 1. The maximum atomic E-state index is 12.8. The van der Waals surface area contributed by atoms with Crippen molar-refractivity contribution in [3.8, 4) is 17.6 Å². The quantitative estimate of drug-likeness (QED) is 0.791. The Bertz CT molecular complexity index is 823. The number of amides is 1. The third-order valence-corrected chi connectivity index (χ3v) is 3.90. The van der Waals surface area contributed by atoms with Crippen molar-refractivity contribution in [3.63, 3.8) is 0 Å². The van der Waals surface area contributed by atoms with Gasteiger partial charge in [0.2, 0.25) is 0 Å². The molecule has 0 atom stereocenters. The third kappa shape index (κ3) is 6.47. The third-order valence-electron chi connectivity index (χ3n) is 3.90. The molecule has 2 aromatic carbocycles. The van der Waals surface area contributed by atoms with Crippen molar-refractivity contribution in [1.29, 1.82) is 0 Å². The van der Waals surface area contributed by atoms with E-state index in [0.29, 0.717) is 25.3 Å². The Labute approximate surface area is 161 Å². The van der Waals surface area contributed by atoms with Crippen LogP contribution in [0.25, 0.3) is 0 Å². The fraction of sp³-hybridized carbons (Fsp3) is 0.348. The summed E-state index contributed by atoms with van der Waals surface area (Å²) in [6.07, 6.45) is 0. The Hall–Kier alpha value is -2.77. The summed E-state index contributed by atoms with van der Waals surface area (Å²) in [4.78, 5) is 14.6. The fourth-order valence-electron chi connectivity index (χ4n) is 2.55. The number of hydrogen-bond acceptors (Lipinski definition) is 3. The minimum absolute atomic E-state index is 0.0266. The summed E-state index contributed by atoms with van der Waals surface area (Å²) < 4.78 is 5.53. The lowest BCUT2D eigenvalue weighted by Crippen LogP contribution is -2.30. The molecule has 0 heterocycles. The van der Waals surface area contributed by atoms with E-state index in [1.54, 1.807) is 43.0 Å². The minimum atomic E-state index is -1.04. The van der Waals surface area contributed by atoms with Crippen molar-refractivity contribution in [2.75, 3.05) is 13.2 Å².